The minimum atomic E-state index is 0.539. The third-order valence-corrected chi connectivity index (χ3v) is 6.28. The highest BCUT2D eigenvalue weighted by molar-refractivity contribution is 6.17. The molecule has 0 aliphatic rings. The van der Waals surface area contributed by atoms with E-state index in [9.17, 15) is 0 Å². The van der Waals surface area contributed by atoms with Crippen LogP contribution in [0.15, 0.2) is 61.7 Å². The summed E-state index contributed by atoms with van der Waals surface area (Å²) in [6.45, 7) is 15.4. The monoisotopic (exact) mass is 476 g/mol. The van der Waals surface area contributed by atoms with Crippen LogP contribution in [0.2, 0.25) is 0 Å². The molecule has 0 spiro atoms. The van der Waals surface area contributed by atoms with Crippen molar-refractivity contribution in [3.8, 4) is 0 Å². The zero-order chi connectivity index (χ0) is 25.7. The van der Waals surface area contributed by atoms with Crippen LogP contribution in [0.5, 0.6) is 0 Å². The van der Waals surface area contributed by atoms with Crippen LogP contribution < -0.4 is 0 Å². The first-order valence-corrected chi connectivity index (χ1v) is 11.6. The maximum absolute atomic E-state index is 8.01. The average molecular weight is 477 g/mol. The third kappa shape index (κ3) is 3.38. The highest BCUT2D eigenvalue weighted by atomic mass is 15.4. The zero-order valence-electron chi connectivity index (χ0n) is 20.8. The first-order chi connectivity index (χ1) is 17.2. The molecule has 0 saturated carbocycles. The molecule has 0 saturated heterocycles. The van der Waals surface area contributed by atoms with E-state index in [1.807, 2.05) is 71.4 Å². The Morgan fingerprint density at radius 3 is 1.36 bits per heavy atom. The standard InChI is InChI=1S/2C14H14N4/c2*1-8(2)13-14-12(9(3)15)10-6-4-5-7-11(10)18(14)17-16-13/h2*4-7,15,17H,1H2,2-3H3. The van der Waals surface area contributed by atoms with Crippen LogP contribution >= 0.6 is 0 Å². The highest BCUT2D eigenvalue weighted by Crippen LogP contribution is 2.31. The lowest BCUT2D eigenvalue weighted by atomic mass is 10.1. The summed E-state index contributed by atoms with van der Waals surface area (Å²) in [5, 5.41) is 32.7. The van der Waals surface area contributed by atoms with Crippen molar-refractivity contribution in [2.45, 2.75) is 27.7 Å². The van der Waals surface area contributed by atoms with E-state index in [0.29, 0.717) is 11.4 Å². The van der Waals surface area contributed by atoms with Gasteiger partial charge in [0.25, 0.3) is 0 Å². The number of rotatable bonds is 4. The van der Waals surface area contributed by atoms with Gasteiger partial charge in [-0.05, 0) is 51.0 Å². The lowest BCUT2D eigenvalue weighted by molar-refractivity contribution is 0.882. The summed E-state index contributed by atoms with van der Waals surface area (Å²) in [4.78, 5) is 0. The molecule has 2 aromatic carbocycles. The summed E-state index contributed by atoms with van der Waals surface area (Å²) in [5.74, 6) is 0. The summed E-state index contributed by atoms with van der Waals surface area (Å²) in [5.41, 5.74) is 10.3. The predicted octanol–water partition coefficient (Wildman–Crippen LogP) is 6.47. The van der Waals surface area contributed by atoms with Gasteiger partial charge in [0, 0.05) is 33.3 Å². The van der Waals surface area contributed by atoms with Gasteiger partial charge < -0.3 is 10.8 Å². The number of benzene rings is 2. The van der Waals surface area contributed by atoms with Crippen LogP contribution in [0.3, 0.4) is 0 Å². The first-order valence-electron chi connectivity index (χ1n) is 11.6. The SMILES string of the molecule is C=C(C)c1n[nH]n2c1c(C(C)=N)c1ccccc12.C=C(C)c1n[nH]n2c1c(C(C)=N)c1ccccc12. The highest BCUT2D eigenvalue weighted by Gasteiger charge is 2.20. The Labute approximate surface area is 207 Å². The van der Waals surface area contributed by atoms with Crippen molar-refractivity contribution < 1.29 is 0 Å². The smallest absolute Gasteiger partial charge is 0.114 e. The lowest BCUT2D eigenvalue weighted by Gasteiger charge is -1.98. The maximum atomic E-state index is 8.01. The van der Waals surface area contributed by atoms with E-state index in [2.05, 4.69) is 33.8 Å². The van der Waals surface area contributed by atoms with E-state index in [1.165, 1.54) is 0 Å². The molecule has 0 aliphatic carbocycles. The first kappa shape index (κ1) is 23.0. The molecule has 8 heteroatoms. The number of aromatic nitrogens is 6. The fraction of sp³-hybridized carbons (Fsp3) is 0.143. The number of nitrogens with one attached hydrogen (secondary N) is 4. The molecule has 0 atom stereocenters. The van der Waals surface area contributed by atoms with Crippen LogP contribution in [-0.2, 0) is 0 Å². The van der Waals surface area contributed by atoms with Crippen molar-refractivity contribution in [2.75, 3.05) is 0 Å². The molecule has 0 aliphatic heterocycles. The van der Waals surface area contributed by atoms with Crippen LogP contribution in [0.4, 0.5) is 0 Å². The molecule has 0 radical (unpaired) electrons. The van der Waals surface area contributed by atoms with Crippen molar-refractivity contribution >= 4 is 55.4 Å². The van der Waals surface area contributed by atoms with Gasteiger partial charge in [-0.3, -0.25) is 0 Å². The number of H-pyrrole nitrogens is 2. The molecule has 4 aromatic heterocycles. The summed E-state index contributed by atoms with van der Waals surface area (Å²) in [6.07, 6.45) is 0. The molecule has 8 nitrogen and oxygen atoms in total. The van der Waals surface area contributed by atoms with E-state index < -0.39 is 0 Å². The summed E-state index contributed by atoms with van der Waals surface area (Å²) in [6, 6.07) is 16.1. The topological polar surface area (TPSA) is 114 Å². The zero-order valence-corrected chi connectivity index (χ0v) is 20.8. The molecule has 6 rings (SSSR count). The molecule has 36 heavy (non-hydrogen) atoms. The second-order valence-corrected chi connectivity index (χ2v) is 9.08. The van der Waals surface area contributed by atoms with E-state index in [4.69, 9.17) is 10.8 Å². The number of nitrogens with zero attached hydrogens (tertiary/aromatic N) is 4. The quantitative estimate of drug-likeness (QED) is 0.218. The van der Waals surface area contributed by atoms with Crippen molar-refractivity contribution in [3.63, 3.8) is 0 Å². The minimum Gasteiger partial charge on any atom is -0.305 e. The largest absolute Gasteiger partial charge is 0.305 e. The number of aromatic amines is 2. The Morgan fingerprint density at radius 1 is 0.667 bits per heavy atom. The molecule has 6 aromatic rings. The maximum Gasteiger partial charge on any atom is 0.114 e. The van der Waals surface area contributed by atoms with Crippen LogP contribution in [0, 0.1) is 10.8 Å². The molecule has 4 N–H and O–H groups in total. The summed E-state index contributed by atoms with van der Waals surface area (Å²) in [7, 11) is 0. The van der Waals surface area contributed by atoms with Crippen molar-refractivity contribution in [1.29, 1.82) is 10.8 Å². The molecular weight excluding hydrogens is 448 g/mol. The van der Waals surface area contributed by atoms with Crippen LogP contribution in [0.25, 0.3) is 44.0 Å². The Hall–Kier alpha value is -4.72. The van der Waals surface area contributed by atoms with E-state index in [-0.39, 0.29) is 0 Å². The van der Waals surface area contributed by atoms with Crippen molar-refractivity contribution in [3.05, 3.63) is 84.2 Å². The van der Waals surface area contributed by atoms with Gasteiger partial charge in [-0.1, -0.05) is 49.6 Å². The minimum absolute atomic E-state index is 0.539. The van der Waals surface area contributed by atoms with E-state index >= 15 is 0 Å². The second-order valence-electron chi connectivity index (χ2n) is 9.08. The van der Waals surface area contributed by atoms with Gasteiger partial charge in [0.05, 0.1) is 11.0 Å². The van der Waals surface area contributed by atoms with Gasteiger partial charge in [0.1, 0.15) is 22.4 Å². The Kier molecular flexibility index (Phi) is 5.44. The van der Waals surface area contributed by atoms with Gasteiger partial charge >= 0.3 is 0 Å². The molecule has 0 amide bonds. The van der Waals surface area contributed by atoms with Gasteiger partial charge in [-0.2, -0.15) is 10.2 Å². The third-order valence-electron chi connectivity index (χ3n) is 6.28. The second kappa shape index (κ2) is 8.49. The Morgan fingerprint density at radius 2 is 1.03 bits per heavy atom. The van der Waals surface area contributed by atoms with Gasteiger partial charge in [-0.25, -0.2) is 19.5 Å². The Bertz CT molecular complexity index is 1710. The average Bonchev–Trinajstić information content (AvgIpc) is 3.57. The van der Waals surface area contributed by atoms with E-state index in [1.54, 1.807) is 13.8 Å². The van der Waals surface area contributed by atoms with Crippen LogP contribution in [0.1, 0.15) is 50.2 Å². The predicted molar refractivity (Wildman–Crippen MR) is 149 cm³/mol. The molecule has 0 unspecified atom stereocenters. The fourth-order valence-corrected chi connectivity index (χ4v) is 4.80. The molecule has 0 bridgehead atoms. The van der Waals surface area contributed by atoms with Gasteiger partial charge in [0.15, 0.2) is 0 Å². The summed E-state index contributed by atoms with van der Waals surface area (Å²) >= 11 is 0. The summed E-state index contributed by atoms with van der Waals surface area (Å²) < 4.78 is 3.85. The number of fused-ring (bicyclic) bond motifs is 6. The van der Waals surface area contributed by atoms with Crippen molar-refractivity contribution in [1.82, 2.24) is 29.7 Å². The molecule has 0 fully saturated rings. The number of allylic oxidation sites excluding steroid dienone is 2. The van der Waals surface area contributed by atoms with E-state index in [0.717, 1.165) is 66.5 Å². The normalized spacial score (nSPS) is 11.2. The molecule has 180 valence electrons. The lowest BCUT2D eigenvalue weighted by Crippen LogP contribution is -1.92. The van der Waals surface area contributed by atoms with Gasteiger partial charge in [0.2, 0.25) is 0 Å². The number of hydrogen-bond acceptors (Lipinski definition) is 4. The molecule has 4 heterocycles. The number of para-hydroxylation sites is 2. The number of hydrogen-bond donors (Lipinski definition) is 4. The van der Waals surface area contributed by atoms with Gasteiger partial charge in [-0.15, -0.1) is 0 Å². The van der Waals surface area contributed by atoms with Crippen molar-refractivity contribution in [2.24, 2.45) is 0 Å². The fourth-order valence-electron chi connectivity index (χ4n) is 4.80. The van der Waals surface area contributed by atoms with Crippen LogP contribution in [-0.4, -0.2) is 41.1 Å². The Balaban J connectivity index is 0.000000148. The molecular formula is C28H28N8.